The van der Waals surface area contributed by atoms with E-state index in [2.05, 4.69) is 17.1 Å². The van der Waals surface area contributed by atoms with Gasteiger partial charge in [-0.25, -0.2) is 0 Å². The summed E-state index contributed by atoms with van der Waals surface area (Å²) in [6.45, 7) is 5.52. The van der Waals surface area contributed by atoms with Crippen LogP contribution in [0.25, 0.3) is 0 Å². The number of carbonyl (C=O) groups is 1. The molecule has 0 saturated carbocycles. The van der Waals surface area contributed by atoms with E-state index in [9.17, 15) is 4.79 Å². The fourth-order valence-corrected chi connectivity index (χ4v) is 4.96. The molecule has 0 bridgehead atoms. The van der Waals surface area contributed by atoms with Crippen LogP contribution in [0.2, 0.25) is 0 Å². The lowest BCUT2D eigenvalue weighted by Gasteiger charge is -2.33. The molecule has 2 saturated heterocycles. The van der Waals surface area contributed by atoms with Crippen LogP contribution in [0.5, 0.6) is 0 Å². The van der Waals surface area contributed by atoms with Gasteiger partial charge >= 0.3 is 0 Å². The highest BCUT2D eigenvalue weighted by molar-refractivity contribution is 8.07. The van der Waals surface area contributed by atoms with Crippen molar-refractivity contribution < 1.29 is 4.79 Å². The molecule has 98 valence electrons. The van der Waals surface area contributed by atoms with Crippen LogP contribution >= 0.6 is 23.5 Å². The summed E-state index contributed by atoms with van der Waals surface area (Å²) in [7, 11) is 0. The zero-order valence-electron chi connectivity index (χ0n) is 10.5. The van der Waals surface area contributed by atoms with Crippen LogP contribution < -0.4 is 5.32 Å². The van der Waals surface area contributed by atoms with E-state index in [1.54, 1.807) is 0 Å². The average Bonchev–Trinajstić information content (AvgIpc) is 2.40. The molecule has 2 aliphatic rings. The number of carbonyl (C=O) groups excluding carboxylic acids is 1. The van der Waals surface area contributed by atoms with Gasteiger partial charge < -0.3 is 10.2 Å². The molecule has 2 heterocycles. The second kappa shape index (κ2) is 6.90. The first-order chi connectivity index (χ1) is 8.29. The van der Waals surface area contributed by atoms with Gasteiger partial charge in [-0.05, 0) is 25.9 Å². The lowest BCUT2D eigenvalue weighted by Crippen LogP contribution is -2.50. The van der Waals surface area contributed by atoms with E-state index in [4.69, 9.17) is 0 Å². The summed E-state index contributed by atoms with van der Waals surface area (Å²) in [5.74, 6) is 3.57. The fraction of sp³-hybridized carbons (Fsp3) is 0.917. The standard InChI is InChI=1S/C12H22N2OS2/c1-2-14-5-3-4-10(8-14)13-12(15)11-9-16-6-7-17-11/h10-11H,2-9H2,1H3,(H,13,15)/t10-,11?/m0/s1. The Morgan fingerprint density at radius 2 is 2.35 bits per heavy atom. The van der Waals surface area contributed by atoms with E-state index < -0.39 is 0 Å². The zero-order valence-corrected chi connectivity index (χ0v) is 12.1. The minimum absolute atomic E-state index is 0.186. The number of likely N-dealkylation sites (tertiary alicyclic amines) is 1. The number of rotatable bonds is 3. The van der Waals surface area contributed by atoms with Crippen LogP contribution in [0.1, 0.15) is 19.8 Å². The minimum Gasteiger partial charge on any atom is -0.351 e. The first kappa shape index (κ1) is 13.6. The van der Waals surface area contributed by atoms with Gasteiger partial charge in [0, 0.05) is 29.8 Å². The highest BCUT2D eigenvalue weighted by Crippen LogP contribution is 2.24. The molecule has 0 spiro atoms. The van der Waals surface area contributed by atoms with E-state index in [1.807, 2.05) is 23.5 Å². The maximum absolute atomic E-state index is 12.1. The first-order valence-corrected chi connectivity index (χ1v) is 8.72. The van der Waals surface area contributed by atoms with E-state index in [0.29, 0.717) is 6.04 Å². The molecule has 1 N–H and O–H groups in total. The molecule has 17 heavy (non-hydrogen) atoms. The van der Waals surface area contributed by atoms with Crippen molar-refractivity contribution in [1.29, 1.82) is 0 Å². The van der Waals surface area contributed by atoms with Gasteiger partial charge in [0.1, 0.15) is 0 Å². The summed E-state index contributed by atoms with van der Waals surface area (Å²) < 4.78 is 0. The normalized spacial score (nSPS) is 31.1. The molecule has 0 aliphatic carbocycles. The molecule has 1 unspecified atom stereocenters. The lowest BCUT2D eigenvalue weighted by molar-refractivity contribution is -0.121. The maximum Gasteiger partial charge on any atom is 0.234 e. The predicted molar refractivity (Wildman–Crippen MR) is 76.8 cm³/mol. The first-order valence-electron chi connectivity index (χ1n) is 6.51. The summed E-state index contributed by atoms with van der Waals surface area (Å²) in [4.78, 5) is 14.5. The fourth-order valence-electron chi connectivity index (χ4n) is 2.39. The molecule has 0 radical (unpaired) electrons. The van der Waals surface area contributed by atoms with Crippen molar-refractivity contribution in [3.05, 3.63) is 0 Å². The van der Waals surface area contributed by atoms with Gasteiger partial charge in [-0.15, -0.1) is 11.8 Å². The molecule has 2 atom stereocenters. The van der Waals surface area contributed by atoms with Crippen LogP contribution in [-0.4, -0.2) is 59.0 Å². The Kier molecular flexibility index (Phi) is 5.50. The number of nitrogens with one attached hydrogen (secondary N) is 1. The number of amides is 1. The van der Waals surface area contributed by atoms with Crippen molar-refractivity contribution in [3.63, 3.8) is 0 Å². The maximum atomic E-state index is 12.1. The molecular weight excluding hydrogens is 252 g/mol. The van der Waals surface area contributed by atoms with Crippen LogP contribution in [0.15, 0.2) is 0 Å². The van der Waals surface area contributed by atoms with Crippen molar-refractivity contribution in [3.8, 4) is 0 Å². The number of likely N-dealkylation sites (N-methyl/N-ethyl adjacent to an activating group) is 1. The zero-order chi connectivity index (χ0) is 12.1. The Bertz CT molecular complexity index is 257. The van der Waals surface area contributed by atoms with Crippen LogP contribution in [0.3, 0.4) is 0 Å². The minimum atomic E-state index is 0.186. The van der Waals surface area contributed by atoms with Gasteiger partial charge in [-0.1, -0.05) is 6.92 Å². The largest absolute Gasteiger partial charge is 0.351 e. The Labute approximate surface area is 112 Å². The van der Waals surface area contributed by atoms with Crippen LogP contribution in [0.4, 0.5) is 0 Å². The van der Waals surface area contributed by atoms with Gasteiger partial charge in [-0.2, -0.15) is 11.8 Å². The number of nitrogens with zero attached hydrogens (tertiary/aromatic N) is 1. The lowest BCUT2D eigenvalue weighted by atomic mass is 10.1. The molecule has 5 heteroatoms. The Morgan fingerprint density at radius 3 is 3.06 bits per heavy atom. The molecule has 3 nitrogen and oxygen atoms in total. The number of piperidine rings is 1. The third kappa shape index (κ3) is 4.07. The Morgan fingerprint density at radius 1 is 1.47 bits per heavy atom. The van der Waals surface area contributed by atoms with Crippen molar-refractivity contribution in [2.75, 3.05) is 36.9 Å². The van der Waals surface area contributed by atoms with Gasteiger partial charge in [-0.3, -0.25) is 4.79 Å². The van der Waals surface area contributed by atoms with Crippen molar-refractivity contribution in [2.24, 2.45) is 0 Å². The van der Waals surface area contributed by atoms with E-state index >= 15 is 0 Å². The SMILES string of the molecule is CCN1CCC[C@H](NC(=O)C2CSCCS2)C1. The van der Waals surface area contributed by atoms with E-state index in [0.717, 1.165) is 31.0 Å². The molecule has 0 aromatic carbocycles. The number of hydrogen-bond donors (Lipinski definition) is 1. The monoisotopic (exact) mass is 274 g/mol. The molecule has 2 aliphatic heterocycles. The quantitative estimate of drug-likeness (QED) is 0.844. The number of hydrogen-bond acceptors (Lipinski definition) is 4. The molecule has 2 rings (SSSR count). The highest BCUT2D eigenvalue weighted by atomic mass is 32.2. The van der Waals surface area contributed by atoms with Gasteiger partial charge in [0.05, 0.1) is 5.25 Å². The summed E-state index contributed by atoms with van der Waals surface area (Å²) in [6, 6.07) is 0.378. The van der Waals surface area contributed by atoms with Crippen LogP contribution in [-0.2, 0) is 4.79 Å². The molecule has 2 fully saturated rings. The van der Waals surface area contributed by atoms with Crippen molar-refractivity contribution in [2.45, 2.75) is 31.1 Å². The van der Waals surface area contributed by atoms with E-state index in [1.165, 1.54) is 18.7 Å². The van der Waals surface area contributed by atoms with E-state index in [-0.39, 0.29) is 11.2 Å². The summed E-state index contributed by atoms with van der Waals surface area (Å²) in [5.41, 5.74) is 0. The molecule has 0 aromatic heterocycles. The van der Waals surface area contributed by atoms with Crippen molar-refractivity contribution in [1.82, 2.24) is 10.2 Å². The third-order valence-electron chi connectivity index (χ3n) is 3.41. The Balaban J connectivity index is 1.77. The predicted octanol–water partition coefficient (Wildman–Crippen LogP) is 1.44. The van der Waals surface area contributed by atoms with Gasteiger partial charge in [0.2, 0.25) is 5.91 Å². The smallest absolute Gasteiger partial charge is 0.234 e. The highest BCUT2D eigenvalue weighted by Gasteiger charge is 2.26. The summed E-state index contributed by atoms with van der Waals surface area (Å²) in [6.07, 6.45) is 2.36. The van der Waals surface area contributed by atoms with Crippen LogP contribution in [0, 0.1) is 0 Å². The van der Waals surface area contributed by atoms with Gasteiger partial charge in [0.25, 0.3) is 0 Å². The summed E-state index contributed by atoms with van der Waals surface area (Å²) >= 11 is 3.73. The molecule has 0 aromatic rings. The molecule has 1 amide bonds. The topological polar surface area (TPSA) is 32.3 Å². The third-order valence-corrected chi connectivity index (χ3v) is 6.16. The van der Waals surface area contributed by atoms with Crippen molar-refractivity contribution >= 4 is 29.4 Å². The Hall–Kier alpha value is 0.130. The molecular formula is C12H22N2OS2. The second-order valence-electron chi connectivity index (χ2n) is 4.68. The number of thioether (sulfide) groups is 2. The van der Waals surface area contributed by atoms with Gasteiger partial charge in [0.15, 0.2) is 0 Å². The summed E-state index contributed by atoms with van der Waals surface area (Å²) in [5, 5.41) is 3.42. The average molecular weight is 274 g/mol. The second-order valence-corrected chi connectivity index (χ2v) is 7.14.